The third-order valence-corrected chi connectivity index (χ3v) is 4.35. The molecule has 0 spiro atoms. The highest BCUT2D eigenvalue weighted by Gasteiger charge is 2.29. The third kappa shape index (κ3) is 2.24. The molecular formula is C16H22N4. The maximum Gasteiger partial charge on any atom is 0.151 e. The highest BCUT2D eigenvalue weighted by atomic mass is 15.2. The minimum atomic E-state index is 0.373. The van der Waals surface area contributed by atoms with Crippen LogP contribution in [0.15, 0.2) is 24.3 Å². The molecule has 0 aliphatic carbocycles. The SMILES string of the molecule is Cc1nc2ccccc2nc1N1CCCC(C)C1CN. The fourth-order valence-corrected chi connectivity index (χ4v) is 3.22. The van der Waals surface area contributed by atoms with E-state index in [4.69, 9.17) is 15.7 Å². The van der Waals surface area contributed by atoms with Gasteiger partial charge in [-0.25, -0.2) is 9.97 Å². The summed E-state index contributed by atoms with van der Waals surface area (Å²) in [5.41, 5.74) is 8.91. The summed E-state index contributed by atoms with van der Waals surface area (Å²) in [6, 6.07) is 8.42. The molecule has 1 aromatic carbocycles. The summed E-state index contributed by atoms with van der Waals surface area (Å²) in [6.07, 6.45) is 2.45. The molecule has 106 valence electrons. The van der Waals surface area contributed by atoms with Crippen molar-refractivity contribution in [1.82, 2.24) is 9.97 Å². The van der Waals surface area contributed by atoms with Crippen molar-refractivity contribution in [3.63, 3.8) is 0 Å². The molecule has 1 aliphatic rings. The monoisotopic (exact) mass is 270 g/mol. The largest absolute Gasteiger partial charge is 0.351 e. The van der Waals surface area contributed by atoms with E-state index in [1.54, 1.807) is 0 Å². The van der Waals surface area contributed by atoms with Gasteiger partial charge in [0.1, 0.15) is 0 Å². The van der Waals surface area contributed by atoms with E-state index >= 15 is 0 Å². The molecule has 2 unspecified atom stereocenters. The van der Waals surface area contributed by atoms with Crippen LogP contribution >= 0.6 is 0 Å². The molecule has 2 heterocycles. The predicted octanol–water partition coefficient (Wildman–Crippen LogP) is 2.50. The Labute approximate surface area is 120 Å². The molecule has 3 rings (SSSR count). The molecule has 2 atom stereocenters. The van der Waals surface area contributed by atoms with Crippen molar-refractivity contribution in [2.24, 2.45) is 11.7 Å². The summed E-state index contributed by atoms with van der Waals surface area (Å²) in [6.45, 7) is 6.03. The number of anilines is 1. The Bertz CT molecular complexity index is 610. The zero-order valence-electron chi connectivity index (χ0n) is 12.2. The van der Waals surface area contributed by atoms with E-state index < -0.39 is 0 Å². The van der Waals surface area contributed by atoms with Crippen molar-refractivity contribution in [3.05, 3.63) is 30.0 Å². The minimum Gasteiger partial charge on any atom is -0.351 e. The lowest BCUT2D eigenvalue weighted by atomic mass is 9.90. The van der Waals surface area contributed by atoms with Crippen LogP contribution in [0.1, 0.15) is 25.5 Å². The lowest BCUT2D eigenvalue weighted by Gasteiger charge is -2.40. The van der Waals surface area contributed by atoms with Gasteiger partial charge in [0.25, 0.3) is 0 Å². The number of hydrogen-bond donors (Lipinski definition) is 1. The molecule has 4 nitrogen and oxygen atoms in total. The van der Waals surface area contributed by atoms with E-state index in [1.807, 2.05) is 31.2 Å². The summed E-state index contributed by atoms with van der Waals surface area (Å²) < 4.78 is 0. The second kappa shape index (κ2) is 5.37. The smallest absolute Gasteiger partial charge is 0.151 e. The van der Waals surface area contributed by atoms with Crippen LogP contribution in [-0.4, -0.2) is 29.1 Å². The van der Waals surface area contributed by atoms with Crippen LogP contribution in [0.3, 0.4) is 0 Å². The van der Waals surface area contributed by atoms with E-state index in [0.29, 0.717) is 18.5 Å². The fourth-order valence-electron chi connectivity index (χ4n) is 3.22. The second-order valence-corrected chi connectivity index (χ2v) is 5.74. The quantitative estimate of drug-likeness (QED) is 0.911. The number of aromatic nitrogens is 2. The summed E-state index contributed by atoms with van der Waals surface area (Å²) in [5.74, 6) is 1.62. The van der Waals surface area contributed by atoms with Crippen LogP contribution < -0.4 is 10.6 Å². The van der Waals surface area contributed by atoms with Gasteiger partial charge in [-0.2, -0.15) is 0 Å². The number of fused-ring (bicyclic) bond motifs is 1. The predicted molar refractivity (Wildman–Crippen MR) is 82.9 cm³/mol. The summed E-state index contributed by atoms with van der Waals surface area (Å²) in [5, 5.41) is 0. The average molecular weight is 270 g/mol. The van der Waals surface area contributed by atoms with E-state index in [1.165, 1.54) is 12.8 Å². The van der Waals surface area contributed by atoms with Crippen molar-refractivity contribution in [2.45, 2.75) is 32.7 Å². The molecule has 0 amide bonds. The van der Waals surface area contributed by atoms with E-state index in [9.17, 15) is 0 Å². The van der Waals surface area contributed by atoms with Crippen LogP contribution in [-0.2, 0) is 0 Å². The summed E-state index contributed by atoms with van der Waals surface area (Å²) >= 11 is 0. The zero-order chi connectivity index (χ0) is 14.1. The van der Waals surface area contributed by atoms with E-state index in [2.05, 4.69) is 11.8 Å². The minimum absolute atomic E-state index is 0.373. The van der Waals surface area contributed by atoms with Crippen molar-refractivity contribution in [1.29, 1.82) is 0 Å². The van der Waals surface area contributed by atoms with E-state index in [-0.39, 0.29) is 0 Å². The van der Waals surface area contributed by atoms with Gasteiger partial charge in [0.15, 0.2) is 5.82 Å². The molecule has 1 aliphatic heterocycles. The Morgan fingerprint density at radius 3 is 2.65 bits per heavy atom. The first kappa shape index (κ1) is 13.3. The normalized spacial score (nSPS) is 23.2. The van der Waals surface area contributed by atoms with Gasteiger partial charge < -0.3 is 10.6 Å². The summed E-state index contributed by atoms with van der Waals surface area (Å²) in [4.78, 5) is 11.9. The highest BCUT2D eigenvalue weighted by Crippen LogP contribution is 2.29. The number of nitrogens with zero attached hydrogens (tertiary/aromatic N) is 3. The third-order valence-electron chi connectivity index (χ3n) is 4.35. The Morgan fingerprint density at radius 2 is 1.95 bits per heavy atom. The van der Waals surface area contributed by atoms with Gasteiger partial charge >= 0.3 is 0 Å². The van der Waals surface area contributed by atoms with Crippen LogP contribution in [0, 0.1) is 12.8 Å². The standard InChI is InChI=1S/C16H22N4/c1-11-6-5-9-20(15(11)10-17)16-12(2)18-13-7-3-4-8-14(13)19-16/h3-4,7-8,11,15H,5-6,9-10,17H2,1-2H3. The molecular weight excluding hydrogens is 248 g/mol. The highest BCUT2D eigenvalue weighted by molar-refractivity contribution is 5.76. The number of nitrogens with two attached hydrogens (primary N) is 1. The molecule has 20 heavy (non-hydrogen) atoms. The fraction of sp³-hybridized carbons (Fsp3) is 0.500. The number of benzene rings is 1. The van der Waals surface area contributed by atoms with Gasteiger partial charge in [0.05, 0.1) is 16.7 Å². The Morgan fingerprint density at radius 1 is 1.25 bits per heavy atom. The molecule has 0 radical (unpaired) electrons. The van der Waals surface area contributed by atoms with Gasteiger partial charge in [-0.3, -0.25) is 0 Å². The van der Waals surface area contributed by atoms with Crippen LogP contribution in [0.25, 0.3) is 11.0 Å². The number of rotatable bonds is 2. The van der Waals surface area contributed by atoms with Gasteiger partial charge in [-0.05, 0) is 37.8 Å². The Hall–Kier alpha value is -1.68. The van der Waals surface area contributed by atoms with E-state index in [0.717, 1.165) is 29.1 Å². The first-order valence-electron chi connectivity index (χ1n) is 7.41. The Balaban J connectivity index is 2.06. The molecule has 4 heteroatoms. The lowest BCUT2D eigenvalue weighted by molar-refractivity contribution is 0.347. The lowest BCUT2D eigenvalue weighted by Crippen LogP contribution is -2.49. The maximum atomic E-state index is 5.99. The maximum absolute atomic E-state index is 5.99. The first-order valence-corrected chi connectivity index (χ1v) is 7.41. The average Bonchev–Trinajstić information content (AvgIpc) is 2.46. The van der Waals surface area contributed by atoms with Gasteiger partial charge in [0, 0.05) is 19.1 Å². The number of para-hydroxylation sites is 2. The second-order valence-electron chi connectivity index (χ2n) is 5.74. The molecule has 1 saturated heterocycles. The first-order chi connectivity index (χ1) is 9.70. The van der Waals surface area contributed by atoms with Crippen molar-refractivity contribution >= 4 is 16.9 Å². The zero-order valence-corrected chi connectivity index (χ0v) is 12.2. The van der Waals surface area contributed by atoms with Gasteiger partial charge in [-0.15, -0.1) is 0 Å². The van der Waals surface area contributed by atoms with Crippen LogP contribution in [0.2, 0.25) is 0 Å². The van der Waals surface area contributed by atoms with Crippen LogP contribution in [0.4, 0.5) is 5.82 Å². The topological polar surface area (TPSA) is 55.0 Å². The van der Waals surface area contributed by atoms with Crippen molar-refractivity contribution < 1.29 is 0 Å². The summed E-state index contributed by atoms with van der Waals surface area (Å²) in [7, 11) is 0. The van der Waals surface area contributed by atoms with Gasteiger partial charge in [0.2, 0.25) is 0 Å². The molecule has 1 aromatic heterocycles. The molecule has 0 bridgehead atoms. The molecule has 2 aromatic rings. The van der Waals surface area contributed by atoms with Crippen molar-refractivity contribution in [3.8, 4) is 0 Å². The van der Waals surface area contributed by atoms with Crippen molar-refractivity contribution in [2.75, 3.05) is 18.0 Å². The van der Waals surface area contributed by atoms with Gasteiger partial charge in [-0.1, -0.05) is 19.1 Å². The molecule has 1 fully saturated rings. The number of aryl methyl sites for hydroxylation is 1. The number of piperidine rings is 1. The molecule has 0 saturated carbocycles. The Kier molecular flexibility index (Phi) is 3.57. The molecule has 2 N–H and O–H groups in total. The van der Waals surface area contributed by atoms with Crippen LogP contribution in [0.5, 0.6) is 0 Å². The number of hydrogen-bond acceptors (Lipinski definition) is 4.